The van der Waals surface area contributed by atoms with Crippen LogP contribution in [-0.2, 0) is 51.3 Å². The number of ether oxygens (including phenoxy) is 1. The van der Waals surface area contributed by atoms with E-state index < -0.39 is 94.7 Å². The number of carbonyl (C=O) groups is 8. The molecule has 13 aromatic rings. The fraction of sp³-hybridized carbons (Fsp3) is 0.227. The van der Waals surface area contributed by atoms with E-state index in [1.165, 1.54) is 52.3 Å². The van der Waals surface area contributed by atoms with Gasteiger partial charge in [-0.1, -0.05) is 250 Å². The number of rotatable bonds is 20. The zero-order chi connectivity index (χ0) is 103. The van der Waals surface area contributed by atoms with Crippen molar-refractivity contribution in [2.75, 3.05) is 19.6 Å². The Bertz CT molecular complexity index is 7110. The van der Waals surface area contributed by atoms with Crippen LogP contribution < -0.4 is 24.3 Å². The fourth-order valence-corrected chi connectivity index (χ4v) is 16.5. The van der Waals surface area contributed by atoms with Crippen LogP contribution in [0, 0.1) is 27.7 Å². The number of amides is 4. The molecule has 4 aliphatic heterocycles. The molecule has 4 aliphatic rings. The zero-order valence-electron chi connectivity index (χ0n) is 80.2. The van der Waals surface area contributed by atoms with Gasteiger partial charge in [0.1, 0.15) is 28.8 Å². The van der Waals surface area contributed by atoms with Crippen LogP contribution in [0.4, 0.5) is 45.2 Å². The lowest BCUT2D eigenvalue weighted by molar-refractivity contribution is -0.274. The number of allylic oxidation sites excluding steroid dienone is 1. The topological polar surface area (TPSA) is 361 Å². The first-order valence-corrected chi connectivity index (χ1v) is 45.4. The monoisotopic (exact) mass is 1920 g/mol. The molecule has 0 radical (unpaired) electrons. The minimum atomic E-state index is -4.88. The van der Waals surface area contributed by atoms with E-state index in [2.05, 4.69) is 84.9 Å². The minimum Gasteiger partial charge on any atom is -0.507 e. The maximum Gasteiger partial charge on any atom is 0.573 e. The first-order chi connectivity index (χ1) is 67.4. The average Bonchev–Trinajstić information content (AvgIpc) is 1.61. The summed E-state index contributed by atoms with van der Waals surface area (Å²) >= 11 is 0. The molecule has 4 unspecified atom stereocenters. The molecular weight excluding hydrogens is 1820 g/mol. The van der Waals surface area contributed by atoms with Crippen LogP contribution in [0.25, 0.3) is 39.9 Å². The van der Waals surface area contributed by atoms with Gasteiger partial charge in [-0.25, -0.2) is 8.78 Å². The average molecular weight is 1920 g/mol. The summed E-state index contributed by atoms with van der Waals surface area (Å²) in [6.45, 7) is 30.1. The van der Waals surface area contributed by atoms with Crippen molar-refractivity contribution >= 4 is 98.6 Å². The molecule has 32 heteroatoms. The molecule has 4 atom stereocenters. The summed E-state index contributed by atoms with van der Waals surface area (Å²) in [5.41, 5.74) is 13.4. The number of aryl methyl sites for hydroxylation is 5. The lowest BCUT2D eigenvalue weighted by atomic mass is 9.93. The summed E-state index contributed by atoms with van der Waals surface area (Å²) in [6.07, 6.45) is -3.02. The van der Waals surface area contributed by atoms with Crippen molar-refractivity contribution in [3.8, 4) is 17.0 Å². The van der Waals surface area contributed by atoms with Gasteiger partial charge in [0.15, 0.2) is 23.3 Å². The molecule has 0 saturated carbocycles. The van der Waals surface area contributed by atoms with Gasteiger partial charge in [-0.2, -0.15) is 25.5 Å². The molecule has 9 heterocycles. The van der Waals surface area contributed by atoms with Crippen molar-refractivity contribution in [2.24, 2.45) is 7.05 Å². The number of Topliss-reactive ketones (excluding diaryl/α,β-unsaturated/α-hetero) is 4. The van der Waals surface area contributed by atoms with E-state index in [9.17, 15) is 80.7 Å². The second-order valence-corrected chi connectivity index (χ2v) is 35.9. The van der Waals surface area contributed by atoms with Gasteiger partial charge in [0.05, 0.1) is 74.9 Å². The number of hydrogen-bond acceptors (Lipinski definition) is 22. The predicted molar refractivity (Wildman–Crippen MR) is 527 cm³/mol. The van der Waals surface area contributed by atoms with Crippen molar-refractivity contribution in [3.05, 3.63) is 384 Å². The van der Waals surface area contributed by atoms with E-state index in [-0.39, 0.29) is 85.8 Å². The molecule has 4 N–H and O–H groups in total. The number of nitrogens with zero attached hydrogens (tertiary/aromatic N) is 14. The van der Waals surface area contributed by atoms with Crippen molar-refractivity contribution in [2.45, 2.75) is 157 Å². The summed E-state index contributed by atoms with van der Waals surface area (Å²) in [7, 11) is 1.85. The number of hydrogen-bond donors (Lipinski definition) is 4. The Morgan fingerprint density at radius 3 is 0.803 bits per heavy atom. The molecular formula is C110H101F5N14O13. The first-order valence-electron chi connectivity index (χ1n) is 45.4. The second kappa shape index (κ2) is 41.9. The van der Waals surface area contributed by atoms with Crippen LogP contribution in [0.5, 0.6) is 5.75 Å². The van der Waals surface area contributed by atoms with Gasteiger partial charge < -0.3 is 25.2 Å². The van der Waals surface area contributed by atoms with E-state index in [0.717, 1.165) is 73.5 Å². The largest absolute Gasteiger partial charge is 0.573 e. The molecule has 724 valence electrons. The summed E-state index contributed by atoms with van der Waals surface area (Å²) in [5, 5.41) is 81.8. The van der Waals surface area contributed by atoms with Gasteiger partial charge in [-0.3, -0.25) is 62.6 Å². The Labute approximate surface area is 815 Å². The lowest BCUT2D eigenvalue weighted by Crippen LogP contribution is -2.30. The standard InChI is InChI=1S/C29H27N5O3.C28H27N3O3.C27H25F2N3O3.C26H22F3N3O4/c1-17(2)19-6-12-22(13-7-19)27(35)25-26(21-10-8-20(9-11-21)23-15-16-33(4)32-23)34(29(37)28(25)36)24-14-5-18(3)30-31-24;1-16(2)19-7-11-21(12-8-19)25-24(26(32)22-13-9-20(10-14-22)17(3)4)27(33)28(34)31(25)23-15-6-18(5)29-30-23;1-15(2)17-6-8-19(9-7-17)24(33)22-23(18-10-12-20(13-11-18)27(4,28)29)32(26(35)25(22)34)21-14-5-16(3)30-31-21;1-14(2)16-5-7-18(8-6-16)23(33)21-22(17-9-11-19(12-10-17)36-26(27,28)29)32(25(35)24(21)34)20-13-4-15(3)30-31-20/h5-17,26,35H,1-4H3;6-15,17,25,32H,1H2,2-5H3;5-15,23,33H,1-4H3;4-14,22,33H,1-3H3. The Morgan fingerprint density at radius 1 is 0.338 bits per heavy atom. The number of halogens is 5. The van der Waals surface area contributed by atoms with E-state index >= 15 is 0 Å². The fourth-order valence-electron chi connectivity index (χ4n) is 16.5. The van der Waals surface area contributed by atoms with Crippen LogP contribution in [0.15, 0.2) is 284 Å². The molecule has 27 nitrogen and oxygen atoms in total. The van der Waals surface area contributed by atoms with Gasteiger partial charge in [0.2, 0.25) is 0 Å². The van der Waals surface area contributed by atoms with E-state index in [4.69, 9.17) is 0 Å². The maximum absolute atomic E-state index is 13.8. The number of ketones is 4. The van der Waals surface area contributed by atoms with Crippen LogP contribution in [0.1, 0.15) is 218 Å². The Balaban J connectivity index is 0.000000150. The lowest BCUT2D eigenvalue weighted by Gasteiger charge is -2.24. The number of aliphatic hydroxyl groups is 4. The molecule has 4 fully saturated rings. The Hall–Kier alpha value is -16.8. The highest BCUT2D eigenvalue weighted by molar-refractivity contribution is 6.54. The molecule has 0 aliphatic carbocycles. The van der Waals surface area contributed by atoms with Gasteiger partial charge in [0, 0.05) is 53.5 Å². The van der Waals surface area contributed by atoms with Gasteiger partial charge in [-0.15, -0.1) is 33.6 Å². The number of benzene rings is 8. The van der Waals surface area contributed by atoms with Crippen LogP contribution in [0.2, 0.25) is 0 Å². The van der Waals surface area contributed by atoms with E-state index in [1.54, 1.807) is 136 Å². The third kappa shape index (κ3) is 21.7. The summed E-state index contributed by atoms with van der Waals surface area (Å²) in [4.78, 5) is 110. The molecule has 0 spiro atoms. The molecule has 8 aromatic carbocycles. The van der Waals surface area contributed by atoms with Crippen LogP contribution in [-0.4, -0.2) is 124 Å². The van der Waals surface area contributed by atoms with Gasteiger partial charge in [0.25, 0.3) is 29.1 Å². The molecule has 5 aromatic heterocycles. The number of carbonyl (C=O) groups excluding carboxylic acids is 8. The van der Waals surface area contributed by atoms with Crippen LogP contribution >= 0.6 is 0 Å². The molecule has 0 bridgehead atoms. The highest BCUT2D eigenvalue weighted by atomic mass is 19.4. The zero-order valence-corrected chi connectivity index (χ0v) is 80.2. The van der Waals surface area contributed by atoms with E-state index in [1.807, 2.05) is 139 Å². The van der Waals surface area contributed by atoms with Crippen molar-refractivity contribution in [1.29, 1.82) is 0 Å². The molecule has 4 saturated heterocycles. The summed E-state index contributed by atoms with van der Waals surface area (Å²) in [5.74, 6) is -9.67. The highest BCUT2D eigenvalue weighted by Gasteiger charge is 2.52. The third-order valence-electron chi connectivity index (χ3n) is 24.4. The number of anilines is 4. The Morgan fingerprint density at radius 2 is 0.585 bits per heavy atom. The third-order valence-corrected chi connectivity index (χ3v) is 24.4. The van der Waals surface area contributed by atoms with Crippen molar-refractivity contribution in [3.63, 3.8) is 0 Å². The molecule has 142 heavy (non-hydrogen) atoms. The maximum atomic E-state index is 13.8. The summed E-state index contributed by atoms with van der Waals surface area (Å²) in [6, 6.07) is 64.6. The minimum absolute atomic E-state index is 0.00950. The predicted octanol–water partition coefficient (Wildman–Crippen LogP) is 21.6. The SMILES string of the molecule is C=C(C)c1ccc(C2C(=C(O)c3ccc(C(C)C)cc3)C(=O)C(=O)N2c2ccc(C)nn2)cc1.Cc1ccc(N2C(=O)C(=O)C(=C(O)c3ccc(C(C)C)cc3)C2c2ccc(-c3ccn(C)n3)cc2)nn1.Cc1ccc(N2C(=O)C(=O)C(=C(O)c3ccc(C(C)C)cc3)C2c2ccc(C(C)(F)F)cc2)nn1.Cc1ccc(N2C(=O)C(=O)C(=C(O)c3ccc(C(C)C)cc3)C2c2ccc(OC(F)(F)F)cc2)nn1. The normalized spacial score (nSPS) is 17.5. The van der Waals surface area contributed by atoms with Gasteiger partial charge >= 0.3 is 30.0 Å². The molecule has 4 amide bonds. The van der Waals surface area contributed by atoms with Crippen LogP contribution in [0.3, 0.4) is 0 Å². The van der Waals surface area contributed by atoms with Gasteiger partial charge in [-0.05, 0) is 175 Å². The van der Waals surface area contributed by atoms with Crippen molar-refractivity contribution in [1.82, 2.24) is 50.6 Å². The first kappa shape index (κ1) is 101. The van der Waals surface area contributed by atoms with E-state index in [0.29, 0.717) is 73.6 Å². The molecule has 17 rings (SSSR count). The smallest absolute Gasteiger partial charge is 0.507 e. The van der Waals surface area contributed by atoms with Crippen molar-refractivity contribution < 1.29 is 85.5 Å². The highest BCUT2D eigenvalue weighted by Crippen LogP contribution is 2.48. The quantitative estimate of drug-likeness (QED) is 0.0238. The second-order valence-electron chi connectivity index (χ2n) is 35.9. The number of aromatic nitrogens is 10. The number of aliphatic hydroxyl groups excluding tert-OH is 4. The number of alkyl halides is 5. The Kier molecular flexibility index (Phi) is 29.8. The summed E-state index contributed by atoms with van der Waals surface area (Å²) < 4.78 is 71.1.